The van der Waals surface area contributed by atoms with Crippen LogP contribution in [0.5, 0.6) is 11.5 Å². The summed E-state index contributed by atoms with van der Waals surface area (Å²) in [6, 6.07) is 13.6. The Balaban J connectivity index is 1.44. The first kappa shape index (κ1) is 20.0. The number of benzene rings is 2. The maximum Gasteiger partial charge on any atom is 0.258 e. The number of hydrogen-bond donors (Lipinski definition) is 1. The van der Waals surface area contributed by atoms with Crippen LogP contribution < -0.4 is 14.8 Å². The minimum atomic E-state index is -0.136. The third-order valence-electron chi connectivity index (χ3n) is 5.40. The van der Waals surface area contributed by atoms with E-state index in [0.29, 0.717) is 5.75 Å². The van der Waals surface area contributed by atoms with Crippen LogP contribution in [0.1, 0.15) is 41.3 Å². The fraction of sp³-hybridized carbons (Fsp3) is 0.333. The summed E-state index contributed by atoms with van der Waals surface area (Å²) in [6.45, 7) is 4.17. The molecule has 1 amide bonds. The van der Waals surface area contributed by atoms with Gasteiger partial charge in [0.1, 0.15) is 11.5 Å². The van der Waals surface area contributed by atoms with Crippen LogP contribution in [0.4, 0.5) is 0 Å². The number of nitrogens with zero attached hydrogens (tertiary/aromatic N) is 2. The summed E-state index contributed by atoms with van der Waals surface area (Å²) < 4.78 is 12.8. The predicted molar refractivity (Wildman–Crippen MR) is 115 cm³/mol. The van der Waals surface area contributed by atoms with Crippen molar-refractivity contribution in [2.24, 2.45) is 0 Å². The third-order valence-corrected chi connectivity index (χ3v) is 5.40. The van der Waals surface area contributed by atoms with Crippen molar-refractivity contribution in [3.05, 3.63) is 71.0 Å². The monoisotopic (exact) mass is 405 g/mol. The average molecular weight is 405 g/mol. The van der Waals surface area contributed by atoms with Crippen LogP contribution in [0.3, 0.4) is 0 Å². The van der Waals surface area contributed by atoms with Gasteiger partial charge in [-0.2, -0.15) is 5.10 Å². The molecule has 0 saturated heterocycles. The summed E-state index contributed by atoms with van der Waals surface area (Å²) in [5.74, 6) is 1.25. The van der Waals surface area contributed by atoms with Crippen LogP contribution in [0, 0.1) is 13.8 Å². The van der Waals surface area contributed by atoms with Gasteiger partial charge in [0.05, 0.1) is 25.0 Å². The Kier molecular flexibility index (Phi) is 5.74. The van der Waals surface area contributed by atoms with Gasteiger partial charge in [-0.15, -0.1) is 0 Å². The van der Waals surface area contributed by atoms with E-state index in [0.717, 1.165) is 36.3 Å². The number of nitrogens with one attached hydrogen (secondary N) is 1. The maximum absolute atomic E-state index is 12.5. The van der Waals surface area contributed by atoms with Crippen molar-refractivity contribution < 1.29 is 14.3 Å². The lowest BCUT2D eigenvalue weighted by atomic mass is 9.93. The summed E-state index contributed by atoms with van der Waals surface area (Å²) in [5, 5.41) is 7.75. The predicted octanol–water partition coefficient (Wildman–Crippen LogP) is 4.07. The summed E-state index contributed by atoms with van der Waals surface area (Å²) in [7, 11) is 1.62. The average Bonchev–Trinajstić information content (AvgIpc) is 3.17. The van der Waals surface area contributed by atoms with E-state index in [1.807, 2.05) is 23.0 Å². The van der Waals surface area contributed by atoms with Crippen molar-refractivity contribution in [1.29, 1.82) is 0 Å². The molecular formula is C24H27N3O3. The number of hydrogen-bond acceptors (Lipinski definition) is 4. The summed E-state index contributed by atoms with van der Waals surface area (Å²) in [4.78, 5) is 12.5. The van der Waals surface area contributed by atoms with Gasteiger partial charge in [0.2, 0.25) is 0 Å². The van der Waals surface area contributed by atoms with E-state index in [2.05, 4.69) is 42.5 Å². The quantitative estimate of drug-likeness (QED) is 0.671. The highest BCUT2D eigenvalue weighted by Crippen LogP contribution is 2.31. The molecule has 0 aliphatic heterocycles. The molecule has 1 atom stereocenters. The first-order valence-corrected chi connectivity index (χ1v) is 10.2. The van der Waals surface area contributed by atoms with E-state index in [9.17, 15) is 4.79 Å². The molecule has 6 heteroatoms. The summed E-state index contributed by atoms with van der Waals surface area (Å²) in [6.07, 6.45) is 4.76. The Hall–Kier alpha value is -3.28. The van der Waals surface area contributed by atoms with Gasteiger partial charge in [0.25, 0.3) is 5.91 Å². The minimum Gasteiger partial charge on any atom is -0.497 e. The zero-order valence-corrected chi connectivity index (χ0v) is 17.6. The SMILES string of the molecule is COc1ccc(OCC(=O)N[C@@H]2CCCc3c2cnn3-c2cc(C)cc(C)c2)cc1. The molecule has 1 N–H and O–H groups in total. The van der Waals surface area contributed by atoms with Gasteiger partial charge in [-0.25, -0.2) is 4.68 Å². The second-order valence-electron chi connectivity index (χ2n) is 7.78. The molecule has 6 nitrogen and oxygen atoms in total. The van der Waals surface area contributed by atoms with E-state index in [1.165, 1.54) is 16.8 Å². The Morgan fingerprint density at radius 1 is 1.13 bits per heavy atom. The highest BCUT2D eigenvalue weighted by molar-refractivity contribution is 5.78. The Morgan fingerprint density at radius 2 is 1.83 bits per heavy atom. The van der Waals surface area contributed by atoms with Crippen molar-refractivity contribution >= 4 is 5.91 Å². The molecule has 1 aliphatic carbocycles. The Labute approximate surface area is 176 Å². The van der Waals surface area contributed by atoms with E-state index in [4.69, 9.17) is 9.47 Å². The zero-order valence-electron chi connectivity index (χ0n) is 17.6. The molecule has 0 spiro atoms. The molecule has 0 saturated carbocycles. The lowest BCUT2D eigenvalue weighted by Crippen LogP contribution is -2.34. The van der Waals surface area contributed by atoms with E-state index >= 15 is 0 Å². The van der Waals surface area contributed by atoms with Crippen molar-refractivity contribution in [3.63, 3.8) is 0 Å². The van der Waals surface area contributed by atoms with Gasteiger partial charge in [-0.1, -0.05) is 6.07 Å². The first-order chi connectivity index (χ1) is 14.5. The van der Waals surface area contributed by atoms with Crippen LogP contribution in [0.15, 0.2) is 48.7 Å². The van der Waals surface area contributed by atoms with Gasteiger partial charge in [-0.05, 0) is 80.6 Å². The number of carbonyl (C=O) groups is 1. The summed E-state index contributed by atoms with van der Waals surface area (Å²) in [5.41, 5.74) is 5.77. The standard InChI is InChI=1S/C24H27N3O3/c1-16-11-17(2)13-18(12-16)27-23-6-4-5-22(21(23)14-25-27)26-24(28)15-30-20-9-7-19(29-3)8-10-20/h7-14,22H,4-6,15H2,1-3H3,(H,26,28)/t22-/m1/s1. The number of ether oxygens (including phenoxy) is 2. The molecule has 1 heterocycles. The molecular weight excluding hydrogens is 378 g/mol. The molecule has 1 aliphatic rings. The van der Waals surface area contributed by atoms with Gasteiger partial charge < -0.3 is 14.8 Å². The number of methoxy groups -OCH3 is 1. The third kappa shape index (κ3) is 4.32. The fourth-order valence-electron chi connectivity index (χ4n) is 4.06. The molecule has 0 unspecified atom stereocenters. The molecule has 0 fully saturated rings. The van der Waals surface area contributed by atoms with Crippen molar-refractivity contribution in [2.45, 2.75) is 39.2 Å². The van der Waals surface area contributed by atoms with Crippen molar-refractivity contribution in [2.75, 3.05) is 13.7 Å². The molecule has 0 bridgehead atoms. The fourth-order valence-corrected chi connectivity index (χ4v) is 4.06. The molecule has 3 aromatic rings. The molecule has 2 aromatic carbocycles. The number of aromatic nitrogens is 2. The highest BCUT2D eigenvalue weighted by Gasteiger charge is 2.26. The maximum atomic E-state index is 12.5. The Morgan fingerprint density at radius 3 is 2.53 bits per heavy atom. The first-order valence-electron chi connectivity index (χ1n) is 10.2. The summed E-state index contributed by atoms with van der Waals surface area (Å²) >= 11 is 0. The van der Waals surface area contributed by atoms with Crippen LogP contribution in [-0.4, -0.2) is 29.4 Å². The second kappa shape index (κ2) is 8.61. The van der Waals surface area contributed by atoms with Crippen LogP contribution in [0.2, 0.25) is 0 Å². The van der Waals surface area contributed by atoms with Gasteiger partial charge >= 0.3 is 0 Å². The van der Waals surface area contributed by atoms with E-state index in [-0.39, 0.29) is 18.6 Å². The van der Waals surface area contributed by atoms with E-state index < -0.39 is 0 Å². The number of amides is 1. The Bertz CT molecular complexity index is 1020. The number of rotatable bonds is 6. The highest BCUT2D eigenvalue weighted by atomic mass is 16.5. The number of fused-ring (bicyclic) bond motifs is 1. The molecule has 156 valence electrons. The molecule has 30 heavy (non-hydrogen) atoms. The molecule has 0 radical (unpaired) electrons. The van der Waals surface area contributed by atoms with E-state index in [1.54, 1.807) is 19.2 Å². The number of carbonyl (C=O) groups excluding carboxylic acids is 1. The van der Waals surface area contributed by atoms with Crippen LogP contribution in [-0.2, 0) is 11.2 Å². The lowest BCUT2D eigenvalue weighted by molar-refractivity contribution is -0.123. The normalized spacial score (nSPS) is 15.4. The van der Waals surface area contributed by atoms with Crippen molar-refractivity contribution in [3.8, 4) is 17.2 Å². The minimum absolute atomic E-state index is 0.0244. The lowest BCUT2D eigenvalue weighted by Gasteiger charge is -2.24. The number of aryl methyl sites for hydroxylation is 2. The smallest absolute Gasteiger partial charge is 0.258 e. The van der Waals surface area contributed by atoms with Gasteiger partial charge in [0.15, 0.2) is 6.61 Å². The molecule has 1 aromatic heterocycles. The van der Waals surface area contributed by atoms with Crippen LogP contribution in [0.25, 0.3) is 5.69 Å². The zero-order chi connectivity index (χ0) is 21.1. The topological polar surface area (TPSA) is 65.4 Å². The van der Waals surface area contributed by atoms with Crippen molar-refractivity contribution in [1.82, 2.24) is 15.1 Å². The largest absolute Gasteiger partial charge is 0.497 e. The van der Waals surface area contributed by atoms with Gasteiger partial charge in [-0.3, -0.25) is 4.79 Å². The second-order valence-corrected chi connectivity index (χ2v) is 7.78. The van der Waals surface area contributed by atoms with Gasteiger partial charge in [0, 0.05) is 11.3 Å². The molecule has 4 rings (SSSR count). The van der Waals surface area contributed by atoms with Crippen LogP contribution >= 0.6 is 0 Å².